The van der Waals surface area contributed by atoms with Gasteiger partial charge in [0.2, 0.25) is 0 Å². The van der Waals surface area contributed by atoms with Crippen molar-refractivity contribution in [1.82, 2.24) is 4.90 Å². The summed E-state index contributed by atoms with van der Waals surface area (Å²) in [6.45, 7) is 1.33. The molecule has 1 aliphatic heterocycles. The molecule has 2 atom stereocenters. The fourth-order valence-corrected chi connectivity index (χ4v) is 4.95. The first-order chi connectivity index (χ1) is 19.1. The standard InChI is InChI=1S/C32H31NO6/c34-31(25-8-2-1-3-9-25)38-18-17-37-28-12-6-11-27(20-28)29-15-16-33(32(35)36)21-30(29)39-22-23-13-14-24-7-4-5-10-26(24)19-23/h1-14,19-20,29-30H,15-18,21-22H2,(H,35,36)/p-1. The summed E-state index contributed by atoms with van der Waals surface area (Å²) in [7, 11) is 0. The summed E-state index contributed by atoms with van der Waals surface area (Å²) in [5, 5.41) is 13.9. The zero-order chi connectivity index (χ0) is 27.0. The largest absolute Gasteiger partial charge is 0.530 e. The fourth-order valence-electron chi connectivity index (χ4n) is 4.95. The van der Waals surface area contributed by atoms with Crippen molar-refractivity contribution in [2.75, 3.05) is 26.3 Å². The van der Waals surface area contributed by atoms with Crippen molar-refractivity contribution in [1.29, 1.82) is 0 Å². The SMILES string of the molecule is O=C(OCCOc1cccc(C2CCN(C(=O)[O-])CC2OCc2ccc3ccccc3c2)c1)c1ccccc1. The van der Waals surface area contributed by atoms with Crippen molar-refractivity contribution in [3.05, 3.63) is 114 Å². The van der Waals surface area contributed by atoms with Gasteiger partial charge >= 0.3 is 5.97 Å². The van der Waals surface area contributed by atoms with Crippen LogP contribution >= 0.6 is 0 Å². The van der Waals surface area contributed by atoms with Gasteiger partial charge in [-0.1, -0.05) is 66.7 Å². The van der Waals surface area contributed by atoms with Gasteiger partial charge in [-0.15, -0.1) is 0 Å². The number of carbonyl (C=O) groups excluding carboxylic acids is 2. The van der Waals surface area contributed by atoms with E-state index in [2.05, 4.69) is 24.3 Å². The zero-order valence-corrected chi connectivity index (χ0v) is 21.5. The molecule has 0 saturated carbocycles. The van der Waals surface area contributed by atoms with Crippen LogP contribution in [0.4, 0.5) is 4.79 Å². The number of hydrogen-bond acceptors (Lipinski definition) is 6. The van der Waals surface area contributed by atoms with Crippen molar-refractivity contribution >= 4 is 22.8 Å². The molecular weight excluding hydrogens is 494 g/mol. The van der Waals surface area contributed by atoms with E-state index in [-0.39, 0.29) is 37.7 Å². The highest BCUT2D eigenvalue weighted by Gasteiger charge is 2.31. The summed E-state index contributed by atoms with van der Waals surface area (Å²) in [6.07, 6.45) is -0.922. The first kappa shape index (κ1) is 26.3. The molecule has 1 heterocycles. The molecule has 1 fully saturated rings. The van der Waals surface area contributed by atoms with E-state index in [4.69, 9.17) is 14.2 Å². The smallest absolute Gasteiger partial charge is 0.338 e. The number of fused-ring (bicyclic) bond motifs is 1. The van der Waals surface area contributed by atoms with Crippen LogP contribution in [0.3, 0.4) is 0 Å². The lowest BCUT2D eigenvalue weighted by Crippen LogP contribution is -2.51. The Kier molecular flexibility index (Phi) is 8.39. The number of nitrogens with zero attached hydrogens (tertiary/aromatic N) is 1. The van der Waals surface area contributed by atoms with E-state index in [0.29, 0.717) is 30.9 Å². The van der Waals surface area contributed by atoms with Crippen molar-refractivity contribution in [2.45, 2.75) is 25.0 Å². The highest BCUT2D eigenvalue weighted by atomic mass is 16.6. The Hall–Kier alpha value is -4.36. The number of ether oxygens (including phenoxy) is 3. The molecule has 7 nitrogen and oxygen atoms in total. The summed E-state index contributed by atoms with van der Waals surface area (Å²) in [6, 6.07) is 30.9. The molecule has 1 saturated heterocycles. The molecule has 0 spiro atoms. The zero-order valence-electron chi connectivity index (χ0n) is 21.5. The van der Waals surface area contributed by atoms with E-state index in [0.717, 1.165) is 21.9 Å². The van der Waals surface area contributed by atoms with Crippen LogP contribution in [0.1, 0.15) is 33.8 Å². The summed E-state index contributed by atoms with van der Waals surface area (Å²) < 4.78 is 17.5. The number of likely N-dealkylation sites (tertiary alicyclic amines) is 1. The predicted molar refractivity (Wildman–Crippen MR) is 146 cm³/mol. The second kappa shape index (κ2) is 12.5. The maximum absolute atomic E-state index is 12.1. The minimum atomic E-state index is -1.19. The van der Waals surface area contributed by atoms with E-state index >= 15 is 0 Å². The van der Waals surface area contributed by atoms with E-state index in [1.54, 1.807) is 24.3 Å². The Morgan fingerprint density at radius 3 is 2.46 bits per heavy atom. The van der Waals surface area contributed by atoms with Crippen molar-refractivity contribution in [2.24, 2.45) is 0 Å². The number of benzene rings is 4. The quantitative estimate of drug-likeness (QED) is 0.231. The van der Waals surface area contributed by atoms with Gasteiger partial charge in [-0.3, -0.25) is 0 Å². The molecule has 39 heavy (non-hydrogen) atoms. The van der Waals surface area contributed by atoms with Crippen LogP contribution in [-0.4, -0.2) is 49.4 Å². The highest BCUT2D eigenvalue weighted by molar-refractivity contribution is 5.89. The van der Waals surface area contributed by atoms with Gasteiger partial charge in [0.1, 0.15) is 25.1 Å². The molecular formula is C32H30NO6-. The topological polar surface area (TPSA) is 88.1 Å². The Morgan fingerprint density at radius 2 is 1.64 bits per heavy atom. The third-order valence-electron chi connectivity index (χ3n) is 6.98. The van der Waals surface area contributed by atoms with E-state index in [1.165, 1.54) is 4.90 Å². The maximum Gasteiger partial charge on any atom is 0.338 e. The molecule has 0 radical (unpaired) electrons. The minimum Gasteiger partial charge on any atom is -0.530 e. The van der Waals surface area contributed by atoms with Gasteiger partial charge in [0.15, 0.2) is 0 Å². The van der Waals surface area contributed by atoms with Crippen LogP contribution in [0.2, 0.25) is 0 Å². The number of rotatable bonds is 9. The van der Waals surface area contributed by atoms with Gasteiger partial charge in [-0.05, 0) is 58.7 Å². The number of carboxylic acid groups (broad SMARTS) is 1. The molecule has 0 aliphatic carbocycles. The molecule has 200 valence electrons. The monoisotopic (exact) mass is 524 g/mol. The maximum atomic E-state index is 12.1. The summed E-state index contributed by atoms with van der Waals surface area (Å²) in [5.41, 5.74) is 2.53. The number of esters is 1. The molecule has 4 aromatic carbocycles. The second-order valence-electron chi connectivity index (χ2n) is 9.56. The molecule has 1 aliphatic rings. The van der Waals surface area contributed by atoms with Gasteiger partial charge in [0.05, 0.1) is 18.3 Å². The summed E-state index contributed by atoms with van der Waals surface area (Å²) in [4.78, 5) is 25.0. The van der Waals surface area contributed by atoms with Crippen LogP contribution in [0, 0.1) is 0 Å². The Labute approximate surface area is 227 Å². The van der Waals surface area contributed by atoms with Gasteiger partial charge in [0, 0.05) is 19.0 Å². The van der Waals surface area contributed by atoms with Crippen LogP contribution in [0.5, 0.6) is 5.75 Å². The first-order valence-electron chi connectivity index (χ1n) is 13.1. The molecule has 4 aromatic rings. The molecule has 0 aromatic heterocycles. The lowest BCUT2D eigenvalue weighted by Gasteiger charge is -2.40. The first-order valence-corrected chi connectivity index (χ1v) is 13.1. The molecule has 2 unspecified atom stereocenters. The van der Waals surface area contributed by atoms with Crippen LogP contribution in [-0.2, 0) is 16.1 Å². The minimum absolute atomic E-state index is 0.0134. The van der Waals surface area contributed by atoms with Crippen LogP contribution in [0.15, 0.2) is 97.1 Å². The third-order valence-corrected chi connectivity index (χ3v) is 6.98. The summed E-state index contributed by atoms with van der Waals surface area (Å²) >= 11 is 0. The highest BCUT2D eigenvalue weighted by Crippen LogP contribution is 2.33. The van der Waals surface area contributed by atoms with Gasteiger partial charge < -0.3 is 29.0 Å². The molecule has 1 amide bonds. The van der Waals surface area contributed by atoms with Crippen LogP contribution in [0.25, 0.3) is 10.8 Å². The number of hydrogen-bond donors (Lipinski definition) is 0. The number of carbonyl (C=O) groups is 2. The van der Waals surface area contributed by atoms with Crippen molar-refractivity contribution < 1.29 is 28.9 Å². The Morgan fingerprint density at radius 1 is 0.846 bits per heavy atom. The average molecular weight is 525 g/mol. The third kappa shape index (κ3) is 6.75. The molecule has 0 bridgehead atoms. The van der Waals surface area contributed by atoms with E-state index < -0.39 is 6.09 Å². The predicted octanol–water partition coefficient (Wildman–Crippen LogP) is 4.79. The van der Waals surface area contributed by atoms with Gasteiger partial charge in [-0.2, -0.15) is 0 Å². The molecule has 0 N–H and O–H groups in total. The average Bonchev–Trinajstić information content (AvgIpc) is 2.98. The molecule has 5 rings (SSSR count). The second-order valence-corrected chi connectivity index (χ2v) is 9.56. The van der Waals surface area contributed by atoms with Gasteiger partial charge in [-0.25, -0.2) is 4.79 Å². The molecule has 7 heteroatoms. The Balaban J connectivity index is 1.22. The number of amides is 1. The number of piperidine rings is 1. The van der Waals surface area contributed by atoms with E-state index in [1.807, 2.05) is 48.5 Å². The normalized spacial score (nSPS) is 17.1. The lowest BCUT2D eigenvalue weighted by molar-refractivity contribution is -0.268. The van der Waals surface area contributed by atoms with Crippen molar-refractivity contribution in [3.8, 4) is 5.75 Å². The van der Waals surface area contributed by atoms with E-state index in [9.17, 15) is 14.7 Å². The van der Waals surface area contributed by atoms with Gasteiger partial charge in [0.25, 0.3) is 0 Å². The fraction of sp³-hybridized carbons (Fsp3) is 0.250. The lowest BCUT2D eigenvalue weighted by atomic mass is 9.87. The van der Waals surface area contributed by atoms with Crippen molar-refractivity contribution in [3.63, 3.8) is 0 Å². The Bertz CT molecular complexity index is 1420. The summed E-state index contributed by atoms with van der Waals surface area (Å²) in [5.74, 6) is 0.249. The van der Waals surface area contributed by atoms with Crippen LogP contribution < -0.4 is 9.84 Å².